The lowest BCUT2D eigenvalue weighted by atomic mass is 9.95. The summed E-state index contributed by atoms with van der Waals surface area (Å²) in [7, 11) is 1.67. The lowest BCUT2D eigenvalue weighted by Gasteiger charge is -2.28. The minimum absolute atomic E-state index is 0.245. The lowest BCUT2D eigenvalue weighted by molar-refractivity contribution is 0.116. The van der Waals surface area contributed by atoms with Crippen molar-refractivity contribution in [2.45, 2.75) is 51.2 Å². The summed E-state index contributed by atoms with van der Waals surface area (Å²) in [4.78, 5) is 0. The Morgan fingerprint density at radius 2 is 2.00 bits per heavy atom. The highest BCUT2D eigenvalue weighted by atomic mass is 79.9. The number of benzene rings is 1. The fourth-order valence-electron chi connectivity index (χ4n) is 2.12. The second kappa shape index (κ2) is 5.71. The molecule has 0 atom stereocenters. The number of methoxy groups -OCH3 is 1. The molecule has 4 heteroatoms. The van der Waals surface area contributed by atoms with Gasteiger partial charge in [0.1, 0.15) is 0 Å². The highest BCUT2D eigenvalue weighted by molar-refractivity contribution is 9.10. The van der Waals surface area contributed by atoms with Crippen molar-refractivity contribution in [1.29, 1.82) is 0 Å². The second-order valence-corrected chi connectivity index (χ2v) is 6.78. The van der Waals surface area contributed by atoms with E-state index in [-0.39, 0.29) is 5.54 Å². The van der Waals surface area contributed by atoms with Gasteiger partial charge in [0.25, 0.3) is 0 Å². The van der Waals surface area contributed by atoms with Crippen LogP contribution in [0.15, 0.2) is 16.6 Å². The molecule has 1 aliphatic carbocycles. The van der Waals surface area contributed by atoms with E-state index < -0.39 is 0 Å². The number of hydrogen-bond acceptors (Lipinski definition) is 3. The molecule has 0 radical (unpaired) electrons. The molecule has 1 aromatic rings. The van der Waals surface area contributed by atoms with Crippen LogP contribution in [-0.2, 0) is 6.42 Å². The lowest BCUT2D eigenvalue weighted by Crippen LogP contribution is -2.34. The fraction of sp³-hybridized carbons (Fsp3) is 0.600. The topological polar surface area (TPSA) is 44.5 Å². The van der Waals surface area contributed by atoms with Gasteiger partial charge in [-0.3, -0.25) is 0 Å². The Morgan fingerprint density at radius 1 is 1.32 bits per heavy atom. The van der Waals surface area contributed by atoms with Gasteiger partial charge in [0, 0.05) is 10.0 Å². The molecule has 3 nitrogen and oxygen atoms in total. The summed E-state index contributed by atoms with van der Waals surface area (Å²) in [5.41, 5.74) is 7.01. The zero-order valence-electron chi connectivity index (χ0n) is 11.8. The van der Waals surface area contributed by atoms with E-state index in [1.807, 2.05) is 19.9 Å². The molecule has 0 aliphatic heterocycles. The van der Waals surface area contributed by atoms with Gasteiger partial charge in [0.15, 0.2) is 11.5 Å². The van der Waals surface area contributed by atoms with E-state index in [1.54, 1.807) is 7.11 Å². The van der Waals surface area contributed by atoms with Crippen molar-refractivity contribution >= 4 is 15.9 Å². The third kappa shape index (κ3) is 3.86. The molecular weight excluding hydrogens is 306 g/mol. The predicted molar refractivity (Wildman–Crippen MR) is 80.9 cm³/mol. The van der Waals surface area contributed by atoms with E-state index in [4.69, 9.17) is 15.2 Å². The molecule has 106 valence electrons. The summed E-state index contributed by atoms with van der Waals surface area (Å²) in [6.45, 7) is 4.05. The van der Waals surface area contributed by atoms with Crippen LogP contribution in [0.5, 0.6) is 11.5 Å². The molecule has 0 aromatic heterocycles. The molecule has 2 N–H and O–H groups in total. The van der Waals surface area contributed by atoms with Crippen LogP contribution in [0.25, 0.3) is 0 Å². The van der Waals surface area contributed by atoms with Gasteiger partial charge in [0.05, 0.1) is 13.2 Å². The maximum Gasteiger partial charge on any atom is 0.161 e. The average Bonchev–Trinajstić information content (AvgIpc) is 2.25. The van der Waals surface area contributed by atoms with Gasteiger partial charge in [-0.15, -0.1) is 0 Å². The molecule has 0 saturated heterocycles. The smallest absolute Gasteiger partial charge is 0.161 e. The molecular formula is C15H22BrNO2. The molecule has 2 rings (SSSR count). The van der Waals surface area contributed by atoms with Crippen molar-refractivity contribution < 1.29 is 9.47 Å². The number of halogens is 1. The second-order valence-electron chi connectivity index (χ2n) is 5.93. The number of hydrogen-bond donors (Lipinski definition) is 1. The van der Waals surface area contributed by atoms with E-state index in [0.29, 0.717) is 6.10 Å². The molecule has 1 saturated carbocycles. The van der Waals surface area contributed by atoms with Crippen molar-refractivity contribution in [1.82, 2.24) is 0 Å². The first kappa shape index (κ1) is 14.7. The van der Waals surface area contributed by atoms with Crippen LogP contribution in [0.3, 0.4) is 0 Å². The van der Waals surface area contributed by atoms with Crippen LogP contribution in [0.2, 0.25) is 0 Å². The van der Waals surface area contributed by atoms with Crippen LogP contribution in [0.1, 0.15) is 38.7 Å². The van der Waals surface area contributed by atoms with Gasteiger partial charge in [0.2, 0.25) is 0 Å². The average molecular weight is 328 g/mol. The molecule has 0 unspecified atom stereocenters. The first-order valence-corrected chi connectivity index (χ1v) is 7.50. The quantitative estimate of drug-likeness (QED) is 0.897. The largest absolute Gasteiger partial charge is 0.493 e. The summed E-state index contributed by atoms with van der Waals surface area (Å²) in [6, 6.07) is 4.02. The van der Waals surface area contributed by atoms with E-state index in [9.17, 15) is 0 Å². The Labute approximate surface area is 123 Å². The van der Waals surface area contributed by atoms with Crippen molar-refractivity contribution in [3.63, 3.8) is 0 Å². The maximum absolute atomic E-state index is 6.10. The normalized spacial score (nSPS) is 16.1. The van der Waals surface area contributed by atoms with Crippen LogP contribution < -0.4 is 15.2 Å². The predicted octanol–water partition coefficient (Wildman–Crippen LogP) is 3.67. The first-order valence-electron chi connectivity index (χ1n) is 6.71. The first-order chi connectivity index (χ1) is 8.89. The van der Waals surface area contributed by atoms with Gasteiger partial charge >= 0.3 is 0 Å². The van der Waals surface area contributed by atoms with Crippen LogP contribution in [0, 0.1) is 0 Å². The van der Waals surface area contributed by atoms with Gasteiger partial charge in [-0.25, -0.2) is 0 Å². The van der Waals surface area contributed by atoms with Crippen LogP contribution in [-0.4, -0.2) is 18.8 Å². The van der Waals surface area contributed by atoms with Gasteiger partial charge in [-0.2, -0.15) is 0 Å². The third-order valence-electron chi connectivity index (χ3n) is 3.32. The van der Waals surface area contributed by atoms with Gasteiger partial charge < -0.3 is 15.2 Å². The molecule has 0 heterocycles. The summed E-state index contributed by atoms with van der Waals surface area (Å²) < 4.78 is 12.4. The van der Waals surface area contributed by atoms with Gasteiger partial charge in [-0.1, -0.05) is 15.9 Å². The molecule has 0 bridgehead atoms. The van der Waals surface area contributed by atoms with E-state index in [1.165, 1.54) is 6.42 Å². The highest BCUT2D eigenvalue weighted by Crippen LogP contribution is 2.37. The highest BCUT2D eigenvalue weighted by Gasteiger charge is 2.22. The van der Waals surface area contributed by atoms with E-state index in [2.05, 4.69) is 22.0 Å². The molecule has 19 heavy (non-hydrogen) atoms. The van der Waals surface area contributed by atoms with Crippen LogP contribution >= 0.6 is 15.9 Å². The summed E-state index contributed by atoms with van der Waals surface area (Å²) in [5, 5.41) is 0. The van der Waals surface area contributed by atoms with Crippen molar-refractivity contribution in [2.75, 3.05) is 7.11 Å². The molecule has 0 spiro atoms. The molecule has 1 aromatic carbocycles. The summed E-state index contributed by atoms with van der Waals surface area (Å²) in [5.74, 6) is 1.60. The summed E-state index contributed by atoms with van der Waals surface area (Å²) in [6.07, 6.45) is 4.66. The number of rotatable bonds is 5. The van der Waals surface area contributed by atoms with E-state index >= 15 is 0 Å². The third-order valence-corrected chi connectivity index (χ3v) is 4.06. The standard InChI is InChI=1S/C15H22BrNO2/c1-15(2,17)9-10-7-14(19-11-5-4-6-11)13(18-3)8-12(10)16/h7-8,11H,4-6,9,17H2,1-3H3. The Balaban J connectivity index is 2.25. The molecule has 1 aliphatic rings. The Morgan fingerprint density at radius 3 is 2.47 bits per heavy atom. The maximum atomic E-state index is 6.10. The minimum atomic E-state index is -0.245. The Kier molecular flexibility index (Phi) is 4.41. The molecule has 1 fully saturated rings. The zero-order chi connectivity index (χ0) is 14.0. The van der Waals surface area contributed by atoms with Crippen LogP contribution in [0.4, 0.5) is 0 Å². The SMILES string of the molecule is COc1cc(Br)c(CC(C)(C)N)cc1OC1CCC1. The minimum Gasteiger partial charge on any atom is -0.493 e. The van der Waals surface area contributed by atoms with E-state index in [0.717, 1.165) is 40.8 Å². The Bertz CT molecular complexity index is 450. The van der Waals surface area contributed by atoms with Crippen molar-refractivity contribution in [3.05, 3.63) is 22.2 Å². The monoisotopic (exact) mass is 327 g/mol. The Hall–Kier alpha value is -0.740. The summed E-state index contributed by atoms with van der Waals surface area (Å²) >= 11 is 3.58. The van der Waals surface area contributed by atoms with Gasteiger partial charge in [-0.05, 0) is 57.2 Å². The fourth-order valence-corrected chi connectivity index (χ4v) is 2.59. The zero-order valence-corrected chi connectivity index (χ0v) is 13.4. The molecule has 0 amide bonds. The van der Waals surface area contributed by atoms with Crippen molar-refractivity contribution in [3.8, 4) is 11.5 Å². The number of nitrogens with two attached hydrogens (primary N) is 1. The number of ether oxygens (including phenoxy) is 2. The van der Waals surface area contributed by atoms with Crippen molar-refractivity contribution in [2.24, 2.45) is 5.73 Å².